The Hall–Kier alpha value is -0.0900. The van der Waals surface area contributed by atoms with Crippen LogP contribution in [0.3, 0.4) is 0 Å². The maximum atomic E-state index is 6.17. The van der Waals surface area contributed by atoms with E-state index in [0.29, 0.717) is 6.61 Å². The van der Waals surface area contributed by atoms with Gasteiger partial charge in [0.25, 0.3) is 0 Å². The summed E-state index contributed by atoms with van der Waals surface area (Å²) in [7, 11) is 1.91. The van der Waals surface area contributed by atoms with Gasteiger partial charge in [-0.05, 0) is 44.7 Å². The third-order valence-electron chi connectivity index (χ3n) is 2.28. The van der Waals surface area contributed by atoms with Crippen LogP contribution in [0, 0.1) is 0 Å². The van der Waals surface area contributed by atoms with Crippen molar-refractivity contribution in [1.29, 1.82) is 0 Å². The van der Waals surface area contributed by atoms with Crippen molar-refractivity contribution in [2.45, 2.75) is 26.0 Å². The van der Waals surface area contributed by atoms with E-state index in [1.165, 1.54) is 0 Å². The van der Waals surface area contributed by atoms with Crippen LogP contribution in [-0.2, 0) is 4.74 Å². The molecule has 2 nitrogen and oxygen atoms in total. The summed E-state index contributed by atoms with van der Waals surface area (Å²) in [6.07, 6.45) is 0.224. The first kappa shape index (κ1) is 14.0. The molecule has 1 atom stereocenters. The van der Waals surface area contributed by atoms with Gasteiger partial charge < -0.3 is 10.1 Å². The molecule has 0 aliphatic rings. The van der Waals surface area contributed by atoms with Crippen LogP contribution in [-0.4, -0.2) is 19.8 Å². The molecular formula is C12H17BrClNO. The Bertz CT molecular complexity index is 344. The monoisotopic (exact) mass is 305 g/mol. The molecule has 1 aromatic carbocycles. The van der Waals surface area contributed by atoms with E-state index >= 15 is 0 Å². The van der Waals surface area contributed by atoms with Gasteiger partial charge in [-0.25, -0.2) is 0 Å². The lowest BCUT2D eigenvalue weighted by molar-refractivity contribution is 0.0626. The highest BCUT2D eigenvalue weighted by molar-refractivity contribution is 9.10. The molecule has 4 heteroatoms. The molecule has 0 amide bonds. The molecular weight excluding hydrogens is 289 g/mol. The summed E-state index contributed by atoms with van der Waals surface area (Å²) < 4.78 is 6.63. The largest absolute Gasteiger partial charge is 0.377 e. The minimum Gasteiger partial charge on any atom is -0.377 e. The third-order valence-corrected chi connectivity index (χ3v) is 3.12. The third kappa shape index (κ3) is 4.06. The van der Waals surface area contributed by atoms with Crippen molar-refractivity contribution in [3.63, 3.8) is 0 Å². The lowest BCUT2D eigenvalue weighted by Crippen LogP contribution is -2.23. The summed E-state index contributed by atoms with van der Waals surface area (Å²) in [5.41, 5.74) is 1.05. The van der Waals surface area contributed by atoms with Crippen molar-refractivity contribution >= 4 is 27.5 Å². The maximum absolute atomic E-state index is 6.17. The fraction of sp³-hybridized carbons (Fsp3) is 0.500. The highest BCUT2D eigenvalue weighted by atomic mass is 79.9. The van der Waals surface area contributed by atoms with Crippen LogP contribution < -0.4 is 5.32 Å². The van der Waals surface area contributed by atoms with E-state index in [2.05, 4.69) is 21.2 Å². The van der Waals surface area contributed by atoms with E-state index in [1.54, 1.807) is 0 Å². The summed E-state index contributed by atoms with van der Waals surface area (Å²) in [5, 5.41) is 3.97. The first-order valence-corrected chi connectivity index (χ1v) is 6.45. The highest BCUT2D eigenvalue weighted by Gasteiger charge is 2.14. The molecule has 0 radical (unpaired) electrons. The lowest BCUT2D eigenvalue weighted by Gasteiger charge is -2.19. The summed E-state index contributed by atoms with van der Waals surface area (Å²) in [4.78, 5) is 0. The Balaban J connectivity index is 2.81. The molecule has 16 heavy (non-hydrogen) atoms. The highest BCUT2D eigenvalue weighted by Crippen LogP contribution is 2.26. The number of nitrogens with one attached hydrogen (secondary N) is 1. The number of rotatable bonds is 5. The number of hydrogen-bond donors (Lipinski definition) is 1. The van der Waals surface area contributed by atoms with Crippen LogP contribution in [0.15, 0.2) is 22.7 Å². The first-order valence-electron chi connectivity index (χ1n) is 5.28. The standard InChI is InChI=1S/C12H17BrClNO/c1-8(2)16-7-12(15-3)10-6-9(13)4-5-11(10)14/h4-6,8,12,15H,7H2,1-3H3. The average molecular weight is 307 g/mol. The van der Waals surface area contributed by atoms with Gasteiger partial charge in [-0.2, -0.15) is 0 Å². The number of likely N-dealkylation sites (N-methyl/N-ethyl adjacent to an activating group) is 1. The summed E-state index contributed by atoms with van der Waals surface area (Å²) >= 11 is 9.62. The van der Waals surface area contributed by atoms with Crippen LogP contribution in [0.2, 0.25) is 5.02 Å². The van der Waals surface area contributed by atoms with Crippen molar-refractivity contribution in [3.8, 4) is 0 Å². The van der Waals surface area contributed by atoms with E-state index < -0.39 is 0 Å². The SMILES string of the molecule is CNC(COC(C)C)c1cc(Br)ccc1Cl. The number of hydrogen-bond acceptors (Lipinski definition) is 2. The van der Waals surface area contributed by atoms with Gasteiger partial charge >= 0.3 is 0 Å². The van der Waals surface area contributed by atoms with Gasteiger partial charge in [-0.3, -0.25) is 0 Å². The Morgan fingerprint density at radius 3 is 2.69 bits per heavy atom. The van der Waals surface area contributed by atoms with E-state index in [1.807, 2.05) is 39.1 Å². The Morgan fingerprint density at radius 2 is 2.12 bits per heavy atom. The van der Waals surface area contributed by atoms with Gasteiger partial charge in [0.05, 0.1) is 18.8 Å². The molecule has 0 spiro atoms. The van der Waals surface area contributed by atoms with Gasteiger partial charge in [-0.15, -0.1) is 0 Å². The summed E-state index contributed by atoms with van der Waals surface area (Å²) in [6.45, 7) is 4.66. The molecule has 0 saturated carbocycles. The topological polar surface area (TPSA) is 21.3 Å². The zero-order valence-electron chi connectivity index (χ0n) is 9.76. The zero-order chi connectivity index (χ0) is 12.1. The summed E-state index contributed by atoms with van der Waals surface area (Å²) in [6, 6.07) is 5.96. The van der Waals surface area contributed by atoms with Crippen LogP contribution in [0.5, 0.6) is 0 Å². The molecule has 1 rings (SSSR count). The van der Waals surface area contributed by atoms with Crippen molar-refractivity contribution in [3.05, 3.63) is 33.3 Å². The second kappa shape index (κ2) is 6.60. The second-order valence-corrected chi connectivity index (χ2v) is 5.21. The first-order chi connectivity index (χ1) is 7.54. The van der Waals surface area contributed by atoms with Crippen molar-refractivity contribution in [2.75, 3.05) is 13.7 Å². The maximum Gasteiger partial charge on any atom is 0.0665 e. The van der Waals surface area contributed by atoms with Crippen LogP contribution in [0.1, 0.15) is 25.5 Å². The van der Waals surface area contributed by atoms with Crippen LogP contribution >= 0.6 is 27.5 Å². The smallest absolute Gasteiger partial charge is 0.0665 e. The Morgan fingerprint density at radius 1 is 1.44 bits per heavy atom. The molecule has 0 aliphatic heterocycles. The normalized spacial score (nSPS) is 13.1. The molecule has 0 aliphatic carbocycles. The van der Waals surface area contributed by atoms with Crippen molar-refractivity contribution in [1.82, 2.24) is 5.32 Å². The predicted octanol–water partition coefficient (Wildman–Crippen LogP) is 3.79. The predicted molar refractivity (Wildman–Crippen MR) is 72.0 cm³/mol. The molecule has 0 saturated heterocycles. The summed E-state index contributed by atoms with van der Waals surface area (Å²) in [5.74, 6) is 0. The van der Waals surface area contributed by atoms with Crippen molar-refractivity contribution in [2.24, 2.45) is 0 Å². The van der Waals surface area contributed by atoms with Gasteiger partial charge in [0, 0.05) is 9.50 Å². The van der Waals surface area contributed by atoms with Gasteiger partial charge in [0.2, 0.25) is 0 Å². The van der Waals surface area contributed by atoms with E-state index in [0.717, 1.165) is 15.1 Å². The molecule has 90 valence electrons. The zero-order valence-corrected chi connectivity index (χ0v) is 12.1. The fourth-order valence-corrected chi connectivity index (χ4v) is 2.03. The molecule has 0 bridgehead atoms. The molecule has 1 unspecified atom stereocenters. The molecule has 1 N–H and O–H groups in total. The number of benzene rings is 1. The average Bonchev–Trinajstić information content (AvgIpc) is 2.23. The quantitative estimate of drug-likeness (QED) is 0.893. The lowest BCUT2D eigenvalue weighted by atomic mass is 10.1. The minimum atomic E-state index is 0.118. The Kier molecular flexibility index (Phi) is 5.76. The molecule has 0 aromatic heterocycles. The Labute approximate surface area is 110 Å². The fourth-order valence-electron chi connectivity index (χ4n) is 1.40. The minimum absolute atomic E-state index is 0.118. The van der Waals surface area contributed by atoms with Crippen molar-refractivity contribution < 1.29 is 4.74 Å². The van der Waals surface area contributed by atoms with E-state index in [-0.39, 0.29) is 12.1 Å². The van der Waals surface area contributed by atoms with Gasteiger partial charge in [0.15, 0.2) is 0 Å². The van der Waals surface area contributed by atoms with Crippen LogP contribution in [0.25, 0.3) is 0 Å². The van der Waals surface area contributed by atoms with E-state index in [9.17, 15) is 0 Å². The number of ether oxygens (including phenoxy) is 1. The number of halogens is 2. The molecule has 1 aromatic rings. The molecule has 0 fully saturated rings. The van der Waals surface area contributed by atoms with Crippen LogP contribution in [0.4, 0.5) is 0 Å². The van der Waals surface area contributed by atoms with E-state index in [4.69, 9.17) is 16.3 Å². The van der Waals surface area contributed by atoms with Gasteiger partial charge in [0.1, 0.15) is 0 Å². The van der Waals surface area contributed by atoms with Gasteiger partial charge in [-0.1, -0.05) is 27.5 Å². The molecule has 0 heterocycles. The second-order valence-electron chi connectivity index (χ2n) is 3.89.